The molecule has 0 aliphatic carbocycles. The first-order valence-electron chi connectivity index (χ1n) is 6.48. The number of pyridine rings is 1. The zero-order valence-corrected chi connectivity index (χ0v) is 12.7. The van der Waals surface area contributed by atoms with Gasteiger partial charge in [0.05, 0.1) is 12.6 Å². The number of amides is 1. The molecule has 2 heterocycles. The Kier molecular flexibility index (Phi) is 5.04. The van der Waals surface area contributed by atoms with Gasteiger partial charge in [0.25, 0.3) is 5.91 Å². The summed E-state index contributed by atoms with van der Waals surface area (Å²) >= 11 is 1.53. The van der Waals surface area contributed by atoms with E-state index in [4.69, 9.17) is 5.73 Å². The average molecular weight is 300 g/mol. The molecule has 3 N–H and O–H groups in total. The minimum atomic E-state index is -0.228. The summed E-state index contributed by atoms with van der Waals surface area (Å²) in [5.74, 6) is 5.37. The van der Waals surface area contributed by atoms with E-state index in [1.165, 1.54) is 11.3 Å². The molecule has 0 aliphatic rings. The molecule has 2 aromatic rings. The Labute approximate surface area is 127 Å². The number of hydrogen-bond acceptors (Lipinski definition) is 5. The number of nitrogens with one attached hydrogen (secondary N) is 1. The van der Waals surface area contributed by atoms with Gasteiger partial charge < -0.3 is 11.1 Å². The van der Waals surface area contributed by atoms with Gasteiger partial charge in [0.2, 0.25) is 0 Å². The van der Waals surface area contributed by atoms with Gasteiger partial charge >= 0.3 is 0 Å². The maximum absolute atomic E-state index is 12.1. The van der Waals surface area contributed by atoms with Crippen molar-refractivity contribution in [3.63, 3.8) is 0 Å². The molecule has 0 bridgehead atoms. The quantitative estimate of drug-likeness (QED) is 0.845. The zero-order valence-electron chi connectivity index (χ0n) is 11.9. The summed E-state index contributed by atoms with van der Waals surface area (Å²) in [4.78, 5) is 20.6. The van der Waals surface area contributed by atoms with E-state index < -0.39 is 0 Å². The second kappa shape index (κ2) is 6.97. The molecular weight excluding hydrogens is 284 g/mol. The van der Waals surface area contributed by atoms with Gasteiger partial charge in [0.15, 0.2) is 0 Å². The molecule has 1 amide bonds. The fourth-order valence-corrected chi connectivity index (χ4v) is 2.46. The van der Waals surface area contributed by atoms with Crippen molar-refractivity contribution in [1.82, 2.24) is 15.3 Å². The summed E-state index contributed by atoms with van der Waals surface area (Å²) < 4.78 is 0. The lowest BCUT2D eigenvalue weighted by Gasteiger charge is -2.10. The Morgan fingerprint density at radius 1 is 1.52 bits per heavy atom. The Morgan fingerprint density at radius 2 is 2.33 bits per heavy atom. The molecule has 2 rings (SSSR count). The number of aryl methyl sites for hydroxylation is 1. The molecule has 2 aromatic heterocycles. The van der Waals surface area contributed by atoms with Crippen LogP contribution in [0.3, 0.4) is 0 Å². The predicted molar refractivity (Wildman–Crippen MR) is 82.9 cm³/mol. The minimum Gasteiger partial charge on any atom is -0.342 e. The lowest BCUT2D eigenvalue weighted by molar-refractivity contribution is 0.0935. The first-order valence-corrected chi connectivity index (χ1v) is 7.36. The zero-order chi connectivity index (χ0) is 15.2. The molecule has 21 heavy (non-hydrogen) atoms. The van der Waals surface area contributed by atoms with E-state index in [9.17, 15) is 4.79 Å². The maximum Gasteiger partial charge on any atom is 0.270 e. The van der Waals surface area contributed by atoms with E-state index >= 15 is 0 Å². The molecule has 0 saturated heterocycles. The van der Waals surface area contributed by atoms with Crippen LogP contribution in [0.1, 0.15) is 39.7 Å². The Bertz CT molecular complexity index is 682. The maximum atomic E-state index is 12.1. The van der Waals surface area contributed by atoms with Crippen LogP contribution in [0.2, 0.25) is 0 Å². The summed E-state index contributed by atoms with van der Waals surface area (Å²) in [6, 6.07) is 3.26. The highest BCUT2D eigenvalue weighted by atomic mass is 32.1. The highest BCUT2D eigenvalue weighted by Gasteiger charge is 2.14. The number of nitrogens with two attached hydrogens (primary N) is 1. The predicted octanol–water partition coefficient (Wildman–Crippen LogP) is 1.65. The third kappa shape index (κ3) is 4.12. The van der Waals surface area contributed by atoms with Crippen molar-refractivity contribution < 1.29 is 4.79 Å². The van der Waals surface area contributed by atoms with Crippen LogP contribution in [-0.4, -0.2) is 22.4 Å². The van der Waals surface area contributed by atoms with Gasteiger partial charge in [0, 0.05) is 22.8 Å². The Balaban J connectivity index is 2.03. The number of hydrogen-bond donors (Lipinski definition) is 2. The van der Waals surface area contributed by atoms with Crippen LogP contribution < -0.4 is 11.1 Å². The number of aromatic nitrogens is 2. The van der Waals surface area contributed by atoms with Gasteiger partial charge in [-0.1, -0.05) is 11.8 Å². The second-order valence-corrected chi connectivity index (χ2v) is 5.35. The number of nitrogens with zero attached hydrogens (tertiary/aromatic N) is 2. The van der Waals surface area contributed by atoms with E-state index in [0.29, 0.717) is 12.2 Å². The number of carbonyl (C=O) groups excluding carboxylic acids is 1. The normalized spacial score (nSPS) is 11.4. The summed E-state index contributed by atoms with van der Waals surface area (Å²) in [5.41, 5.74) is 7.35. The monoisotopic (exact) mass is 300 g/mol. The van der Waals surface area contributed by atoms with Crippen LogP contribution in [0.15, 0.2) is 23.7 Å². The highest BCUT2D eigenvalue weighted by Crippen LogP contribution is 2.17. The van der Waals surface area contributed by atoms with Crippen molar-refractivity contribution in [3.8, 4) is 11.8 Å². The van der Waals surface area contributed by atoms with Crippen LogP contribution in [0.5, 0.6) is 0 Å². The number of thiazole rings is 1. The SMILES string of the molecule is Cc1csc(C(C)NC(=O)c2ccc(C#CCN)cn2)n1. The lowest BCUT2D eigenvalue weighted by Crippen LogP contribution is -2.27. The smallest absolute Gasteiger partial charge is 0.270 e. The molecule has 0 fully saturated rings. The van der Waals surface area contributed by atoms with Crippen LogP contribution >= 0.6 is 11.3 Å². The molecule has 0 saturated carbocycles. The summed E-state index contributed by atoms with van der Waals surface area (Å²) in [6.07, 6.45) is 1.57. The van der Waals surface area contributed by atoms with E-state index in [-0.39, 0.29) is 11.9 Å². The molecule has 5 nitrogen and oxygen atoms in total. The van der Waals surface area contributed by atoms with Crippen LogP contribution in [-0.2, 0) is 0 Å². The third-order valence-electron chi connectivity index (χ3n) is 2.69. The van der Waals surface area contributed by atoms with Gasteiger partial charge in [0.1, 0.15) is 10.7 Å². The van der Waals surface area contributed by atoms with Crippen molar-refractivity contribution in [2.45, 2.75) is 19.9 Å². The second-order valence-electron chi connectivity index (χ2n) is 4.46. The molecule has 108 valence electrons. The standard InChI is InChI=1S/C15H16N4OS/c1-10-9-21-15(18-10)11(2)19-14(20)13-6-5-12(8-17-13)4-3-7-16/h5-6,8-9,11H,7,16H2,1-2H3,(H,19,20). The largest absolute Gasteiger partial charge is 0.342 e. The molecule has 1 atom stereocenters. The van der Waals surface area contributed by atoms with Crippen molar-refractivity contribution >= 4 is 17.2 Å². The Morgan fingerprint density at radius 3 is 2.90 bits per heavy atom. The van der Waals surface area contributed by atoms with Gasteiger partial charge in [-0.25, -0.2) is 9.97 Å². The summed E-state index contributed by atoms with van der Waals surface area (Å²) in [7, 11) is 0. The van der Waals surface area contributed by atoms with E-state index in [1.807, 2.05) is 19.2 Å². The summed E-state index contributed by atoms with van der Waals surface area (Å²) in [5, 5.41) is 5.72. The first-order chi connectivity index (χ1) is 10.1. The molecule has 6 heteroatoms. The van der Waals surface area contributed by atoms with Gasteiger partial charge in [-0.3, -0.25) is 4.79 Å². The number of rotatable bonds is 3. The molecule has 0 spiro atoms. The molecule has 0 aromatic carbocycles. The van der Waals surface area contributed by atoms with Gasteiger partial charge in [-0.2, -0.15) is 0 Å². The molecule has 1 unspecified atom stereocenters. The van der Waals surface area contributed by atoms with Crippen molar-refractivity contribution in [3.05, 3.63) is 45.7 Å². The van der Waals surface area contributed by atoms with Crippen molar-refractivity contribution in [1.29, 1.82) is 0 Å². The topological polar surface area (TPSA) is 80.9 Å². The van der Waals surface area contributed by atoms with E-state index in [0.717, 1.165) is 16.3 Å². The fourth-order valence-electron chi connectivity index (χ4n) is 1.66. The lowest BCUT2D eigenvalue weighted by atomic mass is 10.2. The molecular formula is C15H16N4OS. The van der Waals surface area contributed by atoms with Gasteiger partial charge in [-0.05, 0) is 26.0 Å². The van der Waals surface area contributed by atoms with Crippen molar-refractivity contribution in [2.24, 2.45) is 5.73 Å². The highest BCUT2D eigenvalue weighted by molar-refractivity contribution is 7.09. The van der Waals surface area contributed by atoms with Crippen LogP contribution in [0, 0.1) is 18.8 Å². The van der Waals surface area contributed by atoms with E-state index in [1.54, 1.807) is 18.3 Å². The molecule has 0 aliphatic heterocycles. The Hall–Kier alpha value is -2.23. The van der Waals surface area contributed by atoms with Crippen LogP contribution in [0.25, 0.3) is 0 Å². The summed E-state index contributed by atoms with van der Waals surface area (Å²) in [6.45, 7) is 4.13. The van der Waals surface area contributed by atoms with Crippen molar-refractivity contribution in [2.75, 3.05) is 6.54 Å². The average Bonchev–Trinajstić information content (AvgIpc) is 2.92. The fraction of sp³-hybridized carbons (Fsp3) is 0.267. The van der Waals surface area contributed by atoms with Crippen LogP contribution in [0.4, 0.5) is 0 Å². The minimum absolute atomic E-state index is 0.144. The first kappa shape index (κ1) is 15.2. The molecule has 0 radical (unpaired) electrons. The van der Waals surface area contributed by atoms with E-state index in [2.05, 4.69) is 27.1 Å². The third-order valence-corrected chi connectivity index (χ3v) is 3.83. The van der Waals surface area contributed by atoms with Gasteiger partial charge in [-0.15, -0.1) is 11.3 Å². The number of carbonyl (C=O) groups is 1.